The first-order valence-electron chi connectivity index (χ1n) is 22.4. The van der Waals surface area contributed by atoms with E-state index in [2.05, 4.69) is 263 Å². The molecule has 4 heteroatoms. The van der Waals surface area contributed by atoms with E-state index in [4.69, 9.17) is 4.42 Å². The number of fused-ring (bicyclic) bond motifs is 6. The summed E-state index contributed by atoms with van der Waals surface area (Å²) in [6, 6.07) is 93.1. The molecule has 4 nitrogen and oxygen atoms in total. The summed E-state index contributed by atoms with van der Waals surface area (Å²) >= 11 is 0. The largest absolute Gasteiger partial charge is 0.456 e. The average molecular weight is 846 g/mol. The number of anilines is 9. The molecule has 11 aromatic carbocycles. The normalized spacial score (nSPS) is 11.3. The van der Waals surface area contributed by atoms with Gasteiger partial charge < -0.3 is 19.1 Å². The van der Waals surface area contributed by atoms with Crippen LogP contribution in [-0.4, -0.2) is 0 Å². The van der Waals surface area contributed by atoms with Crippen molar-refractivity contribution in [1.29, 1.82) is 0 Å². The lowest BCUT2D eigenvalue weighted by molar-refractivity contribution is 0.669. The topological polar surface area (TPSA) is 22.9 Å². The summed E-state index contributed by atoms with van der Waals surface area (Å²) in [6.07, 6.45) is 0. The molecule has 0 aliphatic rings. The van der Waals surface area contributed by atoms with Crippen molar-refractivity contribution in [2.75, 3.05) is 14.7 Å². The highest BCUT2D eigenvalue weighted by atomic mass is 16.3. The van der Waals surface area contributed by atoms with E-state index in [0.29, 0.717) is 0 Å². The third-order valence-electron chi connectivity index (χ3n) is 12.5. The molecule has 0 bridgehead atoms. The molecule has 1 heterocycles. The average Bonchev–Trinajstić information content (AvgIpc) is 3.75. The molecule has 12 rings (SSSR count). The Kier molecular flexibility index (Phi) is 9.81. The number of benzene rings is 11. The molecule has 0 radical (unpaired) electrons. The quantitative estimate of drug-likeness (QED) is 0.128. The zero-order chi connectivity index (χ0) is 43.8. The van der Waals surface area contributed by atoms with Crippen LogP contribution in [-0.2, 0) is 0 Å². The lowest BCUT2D eigenvalue weighted by Crippen LogP contribution is -2.14. The van der Waals surface area contributed by atoms with Crippen LogP contribution in [0.2, 0.25) is 0 Å². The van der Waals surface area contributed by atoms with Crippen molar-refractivity contribution in [2.24, 2.45) is 0 Å². The summed E-state index contributed by atoms with van der Waals surface area (Å²) < 4.78 is 6.29. The van der Waals surface area contributed by atoms with Gasteiger partial charge in [0.2, 0.25) is 0 Å². The fourth-order valence-electron chi connectivity index (χ4n) is 9.54. The van der Waals surface area contributed by atoms with Crippen LogP contribution in [0.4, 0.5) is 51.2 Å². The van der Waals surface area contributed by atoms with Gasteiger partial charge in [-0.25, -0.2) is 0 Å². The van der Waals surface area contributed by atoms with Gasteiger partial charge in [-0.05, 0) is 136 Å². The Balaban J connectivity index is 1.03. The van der Waals surface area contributed by atoms with Crippen LogP contribution in [0, 0.1) is 0 Å². The molecule has 0 saturated carbocycles. The zero-order valence-electron chi connectivity index (χ0n) is 36.1. The van der Waals surface area contributed by atoms with Crippen LogP contribution in [0.1, 0.15) is 0 Å². The van der Waals surface area contributed by atoms with Gasteiger partial charge in [-0.3, -0.25) is 0 Å². The summed E-state index contributed by atoms with van der Waals surface area (Å²) in [5.74, 6) is 0. The molecule has 0 amide bonds. The minimum Gasteiger partial charge on any atom is -0.456 e. The van der Waals surface area contributed by atoms with E-state index >= 15 is 0 Å². The van der Waals surface area contributed by atoms with Crippen molar-refractivity contribution in [1.82, 2.24) is 0 Å². The first-order chi connectivity index (χ1) is 32.7. The zero-order valence-corrected chi connectivity index (χ0v) is 36.1. The van der Waals surface area contributed by atoms with Crippen molar-refractivity contribution < 1.29 is 4.42 Å². The second-order valence-electron chi connectivity index (χ2n) is 16.6. The maximum absolute atomic E-state index is 6.29. The SMILES string of the molecule is c1ccc(-c2ccccc2N(c2cccc(N(c3ccccc3)c3cccc(N(c4ccccc4)c4ccccc4)c3)c2)c2ccc3c(ccc4cc5oc6ccccc6c5cc43)c2)cc1. The van der Waals surface area contributed by atoms with Gasteiger partial charge in [0, 0.05) is 61.8 Å². The lowest BCUT2D eigenvalue weighted by Gasteiger charge is -2.31. The predicted octanol–water partition coefficient (Wildman–Crippen LogP) is 18.0. The van der Waals surface area contributed by atoms with E-state index < -0.39 is 0 Å². The van der Waals surface area contributed by atoms with E-state index in [0.717, 1.165) is 95.0 Å². The first kappa shape index (κ1) is 38.8. The van der Waals surface area contributed by atoms with Crippen LogP contribution in [0.3, 0.4) is 0 Å². The van der Waals surface area contributed by atoms with Crippen LogP contribution in [0.5, 0.6) is 0 Å². The Morgan fingerprint density at radius 2 is 0.712 bits per heavy atom. The Hall–Kier alpha value is -8.86. The maximum Gasteiger partial charge on any atom is 0.136 e. The Morgan fingerprint density at radius 1 is 0.242 bits per heavy atom. The van der Waals surface area contributed by atoms with Crippen molar-refractivity contribution in [3.63, 3.8) is 0 Å². The molecule has 312 valence electrons. The molecular formula is C62H43N3O. The summed E-state index contributed by atoms with van der Waals surface area (Å²) in [7, 11) is 0. The second kappa shape index (κ2) is 16.7. The molecule has 0 atom stereocenters. The Labute approximate surface area is 384 Å². The first-order valence-corrected chi connectivity index (χ1v) is 22.4. The van der Waals surface area contributed by atoms with E-state index in [1.165, 1.54) is 10.8 Å². The molecule has 0 aliphatic heterocycles. The van der Waals surface area contributed by atoms with Gasteiger partial charge in [0.15, 0.2) is 0 Å². The molecule has 12 aromatic rings. The summed E-state index contributed by atoms with van der Waals surface area (Å²) in [5, 5.41) is 6.98. The molecule has 1 aromatic heterocycles. The minimum atomic E-state index is 0.907. The van der Waals surface area contributed by atoms with Crippen molar-refractivity contribution in [2.45, 2.75) is 0 Å². The number of para-hydroxylation sites is 5. The standard InChI is InChI=1S/C62H43N3O/c1-5-19-44(20-6-1)56-31-13-15-33-60(56)65(54-37-38-55-45(39-54)35-36-46-40-62-59(43-58(46)55)57-32-14-16-34-61(57)66-62)53-30-18-29-52(42-53)64(49-25-11-4-12-26-49)51-28-17-27-50(41-51)63(47-21-7-2-8-22-47)48-23-9-3-10-24-48/h1-43H. The highest BCUT2D eigenvalue weighted by molar-refractivity contribution is 6.17. The lowest BCUT2D eigenvalue weighted by atomic mass is 9.98. The van der Waals surface area contributed by atoms with E-state index in [1.807, 2.05) is 12.1 Å². The smallest absolute Gasteiger partial charge is 0.136 e. The summed E-state index contributed by atoms with van der Waals surface area (Å²) in [6.45, 7) is 0. The third kappa shape index (κ3) is 7.08. The van der Waals surface area contributed by atoms with Crippen LogP contribution in [0.15, 0.2) is 265 Å². The molecule has 0 saturated heterocycles. The molecular weight excluding hydrogens is 803 g/mol. The Morgan fingerprint density at radius 3 is 1.33 bits per heavy atom. The molecule has 0 spiro atoms. The number of nitrogens with zero attached hydrogens (tertiary/aromatic N) is 3. The number of hydrogen-bond acceptors (Lipinski definition) is 4. The number of rotatable bonds is 10. The fourth-order valence-corrected chi connectivity index (χ4v) is 9.54. The highest BCUT2D eigenvalue weighted by Gasteiger charge is 2.22. The highest BCUT2D eigenvalue weighted by Crippen LogP contribution is 2.46. The van der Waals surface area contributed by atoms with Crippen molar-refractivity contribution in [3.8, 4) is 11.1 Å². The number of furan rings is 1. The second-order valence-corrected chi connectivity index (χ2v) is 16.6. The van der Waals surface area contributed by atoms with Gasteiger partial charge in [0.05, 0.1) is 5.69 Å². The van der Waals surface area contributed by atoms with Crippen molar-refractivity contribution >= 4 is 94.7 Å². The molecule has 0 N–H and O–H groups in total. The fraction of sp³-hybridized carbons (Fsp3) is 0. The predicted molar refractivity (Wildman–Crippen MR) is 278 cm³/mol. The van der Waals surface area contributed by atoms with E-state index in [1.54, 1.807) is 0 Å². The van der Waals surface area contributed by atoms with Gasteiger partial charge in [-0.1, -0.05) is 152 Å². The Bertz CT molecular complexity index is 3620. The van der Waals surface area contributed by atoms with E-state index in [9.17, 15) is 0 Å². The van der Waals surface area contributed by atoms with Gasteiger partial charge in [0.1, 0.15) is 11.2 Å². The molecule has 66 heavy (non-hydrogen) atoms. The van der Waals surface area contributed by atoms with Gasteiger partial charge >= 0.3 is 0 Å². The third-order valence-corrected chi connectivity index (χ3v) is 12.5. The number of hydrogen-bond donors (Lipinski definition) is 0. The molecule has 0 unspecified atom stereocenters. The maximum atomic E-state index is 6.29. The monoisotopic (exact) mass is 845 g/mol. The summed E-state index contributed by atoms with van der Waals surface area (Å²) in [4.78, 5) is 7.08. The van der Waals surface area contributed by atoms with Crippen LogP contribution >= 0.6 is 0 Å². The summed E-state index contributed by atoms with van der Waals surface area (Å²) in [5.41, 5.74) is 13.7. The van der Waals surface area contributed by atoms with E-state index in [-0.39, 0.29) is 0 Å². The molecule has 0 aliphatic carbocycles. The van der Waals surface area contributed by atoms with Gasteiger partial charge in [0.25, 0.3) is 0 Å². The minimum absolute atomic E-state index is 0.907. The van der Waals surface area contributed by atoms with Crippen LogP contribution in [0.25, 0.3) is 54.6 Å². The molecule has 0 fully saturated rings. The van der Waals surface area contributed by atoms with Gasteiger partial charge in [-0.2, -0.15) is 0 Å². The van der Waals surface area contributed by atoms with Crippen LogP contribution < -0.4 is 14.7 Å². The van der Waals surface area contributed by atoms with Gasteiger partial charge in [-0.15, -0.1) is 0 Å². The van der Waals surface area contributed by atoms with Crippen molar-refractivity contribution in [3.05, 3.63) is 261 Å².